The highest BCUT2D eigenvalue weighted by molar-refractivity contribution is 9.10. The normalized spacial score (nSPS) is 29.4. The van der Waals surface area contributed by atoms with Crippen molar-refractivity contribution in [3.63, 3.8) is 0 Å². The number of fused-ring (bicyclic) bond motifs is 2. The minimum Gasteiger partial charge on any atom is -0.329 e. The fourth-order valence-corrected chi connectivity index (χ4v) is 4.24. The minimum absolute atomic E-state index is 0.347. The predicted octanol–water partition coefficient (Wildman–Crippen LogP) is 2.62. The van der Waals surface area contributed by atoms with E-state index in [1.165, 1.54) is 31.4 Å². The zero-order valence-electron chi connectivity index (χ0n) is 12.1. The van der Waals surface area contributed by atoms with Crippen molar-refractivity contribution in [2.24, 2.45) is 5.73 Å². The monoisotopic (exact) mass is 337 g/mol. The Morgan fingerprint density at radius 2 is 2.10 bits per heavy atom. The summed E-state index contributed by atoms with van der Waals surface area (Å²) in [5.41, 5.74) is 7.43. The van der Waals surface area contributed by atoms with E-state index in [1.54, 1.807) is 0 Å². The first-order chi connectivity index (χ1) is 9.69. The van der Waals surface area contributed by atoms with E-state index in [2.05, 4.69) is 57.0 Å². The summed E-state index contributed by atoms with van der Waals surface area (Å²) in [6.07, 6.45) is 3.99. The maximum atomic E-state index is 6.10. The number of likely N-dealkylation sites (tertiary alicyclic amines) is 1. The first kappa shape index (κ1) is 14.5. The van der Waals surface area contributed by atoms with Crippen LogP contribution >= 0.6 is 15.9 Å². The van der Waals surface area contributed by atoms with Crippen molar-refractivity contribution in [1.29, 1.82) is 0 Å². The molecular formula is C16H24BrN3. The highest BCUT2D eigenvalue weighted by Gasteiger charge is 2.36. The van der Waals surface area contributed by atoms with Crippen LogP contribution in [0.1, 0.15) is 30.9 Å². The summed E-state index contributed by atoms with van der Waals surface area (Å²) in [5.74, 6) is 0. The predicted molar refractivity (Wildman–Crippen MR) is 86.7 cm³/mol. The smallest absolute Gasteiger partial charge is 0.0471 e. The zero-order valence-corrected chi connectivity index (χ0v) is 13.7. The van der Waals surface area contributed by atoms with Gasteiger partial charge in [-0.1, -0.05) is 28.1 Å². The van der Waals surface area contributed by atoms with Crippen LogP contribution in [0.3, 0.4) is 0 Å². The van der Waals surface area contributed by atoms with Gasteiger partial charge in [0.05, 0.1) is 0 Å². The second-order valence-electron chi connectivity index (χ2n) is 6.14. The lowest BCUT2D eigenvalue weighted by Gasteiger charge is -2.33. The number of halogens is 1. The van der Waals surface area contributed by atoms with Crippen molar-refractivity contribution in [2.75, 3.05) is 26.7 Å². The number of rotatable bonds is 3. The minimum atomic E-state index is 0.347. The Hall–Kier alpha value is -0.420. The first-order valence-corrected chi connectivity index (χ1v) is 8.40. The second kappa shape index (κ2) is 6.14. The Labute approximate surface area is 130 Å². The molecule has 2 heterocycles. The molecule has 2 aliphatic heterocycles. The molecule has 2 N–H and O–H groups in total. The summed E-state index contributed by atoms with van der Waals surface area (Å²) in [4.78, 5) is 5.19. The molecule has 2 fully saturated rings. The van der Waals surface area contributed by atoms with Gasteiger partial charge in [0.1, 0.15) is 0 Å². The summed E-state index contributed by atoms with van der Waals surface area (Å²) in [6, 6.07) is 10.4. The average molecular weight is 338 g/mol. The molecule has 0 aromatic heterocycles. The molecule has 0 aliphatic carbocycles. The van der Waals surface area contributed by atoms with Crippen LogP contribution in [-0.4, -0.2) is 48.6 Å². The number of likely N-dealkylation sites (N-methyl/N-ethyl adjacent to an activating group) is 1. The van der Waals surface area contributed by atoms with E-state index < -0.39 is 0 Å². The van der Waals surface area contributed by atoms with Crippen molar-refractivity contribution in [3.05, 3.63) is 34.3 Å². The van der Waals surface area contributed by atoms with Crippen LogP contribution in [-0.2, 0) is 0 Å². The summed E-state index contributed by atoms with van der Waals surface area (Å²) in [5, 5.41) is 0. The molecule has 2 aliphatic rings. The maximum absolute atomic E-state index is 6.10. The third kappa shape index (κ3) is 2.80. The van der Waals surface area contributed by atoms with Crippen LogP contribution in [0.2, 0.25) is 0 Å². The first-order valence-electron chi connectivity index (χ1n) is 7.60. The number of benzene rings is 1. The number of hydrogen-bond acceptors (Lipinski definition) is 3. The van der Waals surface area contributed by atoms with Crippen molar-refractivity contribution in [2.45, 2.75) is 37.4 Å². The Morgan fingerprint density at radius 1 is 1.30 bits per heavy atom. The molecule has 3 rings (SSSR count). The van der Waals surface area contributed by atoms with Gasteiger partial charge in [-0.3, -0.25) is 9.80 Å². The quantitative estimate of drug-likeness (QED) is 0.920. The van der Waals surface area contributed by atoms with Gasteiger partial charge in [-0.05, 0) is 44.0 Å². The van der Waals surface area contributed by atoms with E-state index in [-0.39, 0.29) is 0 Å². The van der Waals surface area contributed by atoms with Gasteiger partial charge in [0.25, 0.3) is 0 Å². The van der Waals surface area contributed by atoms with Gasteiger partial charge in [0.15, 0.2) is 0 Å². The molecule has 0 amide bonds. The van der Waals surface area contributed by atoms with E-state index in [4.69, 9.17) is 5.73 Å². The Bertz CT molecular complexity index is 465. The molecular weight excluding hydrogens is 314 g/mol. The maximum Gasteiger partial charge on any atom is 0.0471 e. The van der Waals surface area contributed by atoms with Crippen LogP contribution in [0.5, 0.6) is 0 Å². The van der Waals surface area contributed by atoms with E-state index in [1.807, 2.05) is 0 Å². The van der Waals surface area contributed by atoms with E-state index in [0.29, 0.717) is 18.6 Å². The summed E-state index contributed by atoms with van der Waals surface area (Å²) >= 11 is 3.57. The molecule has 110 valence electrons. The average Bonchev–Trinajstić information content (AvgIpc) is 2.67. The SMILES string of the molecule is CN1C2CCC1CN(C(CN)c1cccc(Br)c1)CC2. The summed E-state index contributed by atoms with van der Waals surface area (Å²) in [6.45, 7) is 3.01. The van der Waals surface area contributed by atoms with E-state index in [9.17, 15) is 0 Å². The second-order valence-corrected chi connectivity index (χ2v) is 7.06. The van der Waals surface area contributed by atoms with Crippen LogP contribution in [0.4, 0.5) is 0 Å². The summed E-state index contributed by atoms with van der Waals surface area (Å²) < 4.78 is 1.14. The molecule has 3 unspecified atom stereocenters. The molecule has 0 saturated carbocycles. The van der Waals surface area contributed by atoms with E-state index in [0.717, 1.165) is 17.1 Å². The van der Waals surface area contributed by atoms with Crippen LogP contribution in [0.15, 0.2) is 28.7 Å². The molecule has 0 spiro atoms. The number of nitrogens with zero attached hydrogens (tertiary/aromatic N) is 2. The highest BCUT2D eigenvalue weighted by Crippen LogP contribution is 2.32. The molecule has 1 aromatic carbocycles. The lowest BCUT2D eigenvalue weighted by atomic mass is 10.0. The Kier molecular flexibility index (Phi) is 4.46. The molecule has 0 radical (unpaired) electrons. The lowest BCUT2D eigenvalue weighted by molar-refractivity contribution is 0.175. The third-order valence-corrected chi connectivity index (χ3v) is 5.57. The number of nitrogens with two attached hydrogens (primary N) is 1. The van der Waals surface area contributed by atoms with Gasteiger partial charge in [-0.15, -0.1) is 0 Å². The molecule has 4 heteroatoms. The zero-order chi connectivity index (χ0) is 14.1. The largest absolute Gasteiger partial charge is 0.329 e. The molecule has 3 atom stereocenters. The fraction of sp³-hybridized carbons (Fsp3) is 0.625. The fourth-order valence-electron chi connectivity index (χ4n) is 3.83. The van der Waals surface area contributed by atoms with Crippen LogP contribution in [0.25, 0.3) is 0 Å². The summed E-state index contributed by atoms with van der Waals surface area (Å²) in [7, 11) is 2.29. The topological polar surface area (TPSA) is 32.5 Å². The van der Waals surface area contributed by atoms with Gasteiger partial charge in [-0.25, -0.2) is 0 Å². The lowest BCUT2D eigenvalue weighted by Crippen LogP contribution is -2.40. The van der Waals surface area contributed by atoms with E-state index >= 15 is 0 Å². The van der Waals surface area contributed by atoms with Gasteiger partial charge in [0.2, 0.25) is 0 Å². The highest BCUT2D eigenvalue weighted by atomic mass is 79.9. The Morgan fingerprint density at radius 3 is 2.85 bits per heavy atom. The Balaban J connectivity index is 1.79. The van der Waals surface area contributed by atoms with Gasteiger partial charge in [0, 0.05) is 42.2 Å². The van der Waals surface area contributed by atoms with Crippen molar-refractivity contribution in [1.82, 2.24) is 9.80 Å². The van der Waals surface area contributed by atoms with Crippen molar-refractivity contribution < 1.29 is 0 Å². The van der Waals surface area contributed by atoms with Crippen molar-refractivity contribution in [3.8, 4) is 0 Å². The molecule has 20 heavy (non-hydrogen) atoms. The van der Waals surface area contributed by atoms with Crippen LogP contribution < -0.4 is 5.73 Å². The third-order valence-electron chi connectivity index (χ3n) is 5.08. The van der Waals surface area contributed by atoms with Crippen molar-refractivity contribution >= 4 is 15.9 Å². The molecule has 2 bridgehead atoms. The van der Waals surface area contributed by atoms with Gasteiger partial charge < -0.3 is 5.73 Å². The van der Waals surface area contributed by atoms with Crippen LogP contribution in [0, 0.1) is 0 Å². The molecule has 1 aromatic rings. The molecule has 3 nitrogen and oxygen atoms in total. The van der Waals surface area contributed by atoms with Gasteiger partial charge >= 0.3 is 0 Å². The standard InChI is InChI=1S/C16H24BrN3/c1-19-14-5-6-15(19)11-20(8-7-14)16(10-18)12-3-2-4-13(17)9-12/h2-4,9,14-16H,5-8,10-11,18H2,1H3. The number of hydrogen-bond donors (Lipinski definition) is 1. The van der Waals surface area contributed by atoms with Gasteiger partial charge in [-0.2, -0.15) is 0 Å². The molecule has 2 saturated heterocycles.